The van der Waals surface area contributed by atoms with Gasteiger partial charge in [0.15, 0.2) is 0 Å². The summed E-state index contributed by atoms with van der Waals surface area (Å²) in [6, 6.07) is 7.89. The smallest absolute Gasteiger partial charge is 0.242 e. The van der Waals surface area contributed by atoms with Crippen molar-refractivity contribution in [1.29, 1.82) is 0 Å². The van der Waals surface area contributed by atoms with Crippen LogP contribution in [0, 0.1) is 5.92 Å². The van der Waals surface area contributed by atoms with Crippen LogP contribution in [-0.4, -0.2) is 38.8 Å². The lowest BCUT2D eigenvalue weighted by Crippen LogP contribution is -2.44. The number of rotatable bonds is 9. The van der Waals surface area contributed by atoms with Gasteiger partial charge in [0.05, 0.1) is 19.4 Å². The zero-order chi connectivity index (χ0) is 19.4. The van der Waals surface area contributed by atoms with Gasteiger partial charge in [-0.2, -0.15) is 0 Å². The Bertz CT molecular complexity index is 759. The van der Waals surface area contributed by atoms with E-state index in [1.807, 2.05) is 55.9 Å². The molecule has 2 aromatic heterocycles. The molecule has 0 aromatic carbocycles. The number of furan rings is 1. The maximum Gasteiger partial charge on any atom is 0.242 e. The lowest BCUT2D eigenvalue weighted by atomic mass is 10.1. The van der Waals surface area contributed by atoms with Crippen molar-refractivity contribution in [1.82, 2.24) is 14.4 Å². The first-order valence-electron chi connectivity index (χ1n) is 9.64. The first kappa shape index (κ1) is 19.3. The number of nitrogens with zero attached hydrogens (tertiary/aromatic N) is 3. The molecule has 0 atom stereocenters. The summed E-state index contributed by atoms with van der Waals surface area (Å²) in [5.41, 5.74) is 1.04. The summed E-state index contributed by atoms with van der Waals surface area (Å²) in [6.07, 6.45) is 6.05. The molecule has 6 nitrogen and oxygen atoms in total. The van der Waals surface area contributed by atoms with Gasteiger partial charge in [0.25, 0.3) is 0 Å². The van der Waals surface area contributed by atoms with Crippen LogP contribution < -0.4 is 0 Å². The van der Waals surface area contributed by atoms with E-state index in [-0.39, 0.29) is 30.3 Å². The summed E-state index contributed by atoms with van der Waals surface area (Å²) in [4.78, 5) is 29.3. The number of amides is 2. The van der Waals surface area contributed by atoms with Crippen molar-refractivity contribution in [2.45, 2.75) is 52.2 Å². The standard InChI is InChI=1S/C21H29N3O3/c1-16(2)12-20(25)24(17-8-9-17)15-21(26)23(14-19-7-5-11-27-19)13-18-6-4-10-22(18)3/h4-7,10-11,16-17H,8-9,12-15H2,1-3H3. The Hall–Kier alpha value is -2.50. The van der Waals surface area contributed by atoms with E-state index in [2.05, 4.69) is 0 Å². The Labute approximate surface area is 160 Å². The maximum absolute atomic E-state index is 13.1. The second kappa shape index (κ2) is 8.46. The minimum atomic E-state index is -0.0448. The number of hydrogen-bond acceptors (Lipinski definition) is 3. The van der Waals surface area contributed by atoms with Gasteiger partial charge in [0.1, 0.15) is 12.3 Å². The van der Waals surface area contributed by atoms with Crippen LogP contribution >= 0.6 is 0 Å². The van der Waals surface area contributed by atoms with Gasteiger partial charge in [0, 0.05) is 31.4 Å². The predicted molar refractivity (Wildman–Crippen MR) is 103 cm³/mol. The average Bonchev–Trinajstić information content (AvgIpc) is 3.17. The molecule has 1 saturated carbocycles. The first-order valence-corrected chi connectivity index (χ1v) is 9.64. The third-order valence-corrected chi connectivity index (χ3v) is 4.88. The van der Waals surface area contributed by atoms with Gasteiger partial charge >= 0.3 is 0 Å². The molecule has 0 radical (unpaired) electrons. The van der Waals surface area contributed by atoms with E-state index in [1.54, 1.807) is 16.1 Å². The summed E-state index contributed by atoms with van der Waals surface area (Å²) in [5.74, 6) is 1.06. The van der Waals surface area contributed by atoms with Crippen LogP contribution in [0.2, 0.25) is 0 Å². The molecule has 0 aliphatic heterocycles. The van der Waals surface area contributed by atoms with E-state index in [4.69, 9.17) is 4.42 Å². The minimum Gasteiger partial charge on any atom is -0.467 e. The molecule has 1 aliphatic rings. The molecule has 6 heteroatoms. The van der Waals surface area contributed by atoms with E-state index in [0.717, 1.165) is 24.3 Å². The monoisotopic (exact) mass is 371 g/mol. The van der Waals surface area contributed by atoms with Gasteiger partial charge < -0.3 is 18.8 Å². The second-order valence-electron chi connectivity index (χ2n) is 7.79. The molecule has 0 N–H and O–H groups in total. The summed E-state index contributed by atoms with van der Waals surface area (Å²) in [7, 11) is 1.97. The molecular formula is C21H29N3O3. The minimum absolute atomic E-state index is 0.0448. The summed E-state index contributed by atoms with van der Waals surface area (Å²) < 4.78 is 7.45. The fourth-order valence-corrected chi connectivity index (χ4v) is 3.20. The molecule has 2 heterocycles. The van der Waals surface area contributed by atoms with Crippen molar-refractivity contribution < 1.29 is 14.0 Å². The molecular weight excluding hydrogens is 342 g/mol. The van der Waals surface area contributed by atoms with Crippen molar-refractivity contribution in [3.63, 3.8) is 0 Å². The van der Waals surface area contributed by atoms with Gasteiger partial charge in [-0.25, -0.2) is 0 Å². The van der Waals surface area contributed by atoms with Gasteiger partial charge in [-0.1, -0.05) is 13.8 Å². The van der Waals surface area contributed by atoms with Gasteiger partial charge in [-0.05, 0) is 43.0 Å². The summed E-state index contributed by atoms with van der Waals surface area (Å²) >= 11 is 0. The van der Waals surface area contributed by atoms with Crippen LogP contribution in [0.5, 0.6) is 0 Å². The molecule has 3 rings (SSSR count). The normalized spacial score (nSPS) is 13.8. The molecule has 0 bridgehead atoms. The Morgan fingerprint density at radius 3 is 2.52 bits per heavy atom. The fourth-order valence-electron chi connectivity index (χ4n) is 3.20. The highest BCUT2D eigenvalue weighted by Gasteiger charge is 2.35. The molecule has 1 fully saturated rings. The lowest BCUT2D eigenvalue weighted by molar-refractivity contribution is -0.142. The van der Waals surface area contributed by atoms with Crippen LogP contribution in [-0.2, 0) is 29.7 Å². The van der Waals surface area contributed by atoms with E-state index in [9.17, 15) is 9.59 Å². The molecule has 2 aromatic rings. The van der Waals surface area contributed by atoms with Crippen LogP contribution in [0.25, 0.3) is 0 Å². The van der Waals surface area contributed by atoms with E-state index >= 15 is 0 Å². The Balaban J connectivity index is 1.72. The van der Waals surface area contributed by atoms with Gasteiger partial charge in [-0.15, -0.1) is 0 Å². The third-order valence-electron chi connectivity index (χ3n) is 4.88. The Kier molecular flexibility index (Phi) is 6.04. The van der Waals surface area contributed by atoms with Crippen LogP contribution in [0.3, 0.4) is 0 Å². The number of carbonyl (C=O) groups is 2. The van der Waals surface area contributed by atoms with Gasteiger partial charge in [-0.3, -0.25) is 9.59 Å². The number of carbonyl (C=O) groups excluding carboxylic acids is 2. The predicted octanol–water partition coefficient (Wildman–Crippen LogP) is 3.18. The van der Waals surface area contributed by atoms with Crippen molar-refractivity contribution in [3.8, 4) is 0 Å². The zero-order valence-electron chi connectivity index (χ0n) is 16.4. The van der Waals surface area contributed by atoms with E-state index in [1.165, 1.54) is 0 Å². The Morgan fingerprint density at radius 1 is 1.19 bits per heavy atom. The first-order chi connectivity index (χ1) is 12.9. The fraction of sp³-hybridized carbons (Fsp3) is 0.524. The number of hydrogen-bond donors (Lipinski definition) is 0. The van der Waals surface area contributed by atoms with Crippen molar-refractivity contribution >= 4 is 11.8 Å². The molecule has 27 heavy (non-hydrogen) atoms. The van der Waals surface area contributed by atoms with Crippen LogP contribution in [0.1, 0.15) is 44.6 Å². The van der Waals surface area contributed by atoms with Crippen molar-refractivity contribution in [3.05, 3.63) is 48.2 Å². The second-order valence-corrected chi connectivity index (χ2v) is 7.79. The van der Waals surface area contributed by atoms with E-state index < -0.39 is 0 Å². The maximum atomic E-state index is 13.1. The average molecular weight is 371 g/mol. The topological polar surface area (TPSA) is 58.7 Å². The van der Waals surface area contributed by atoms with E-state index in [0.29, 0.717) is 19.5 Å². The zero-order valence-corrected chi connectivity index (χ0v) is 16.4. The largest absolute Gasteiger partial charge is 0.467 e. The highest BCUT2D eigenvalue weighted by atomic mass is 16.3. The number of aromatic nitrogens is 1. The van der Waals surface area contributed by atoms with Crippen LogP contribution in [0.15, 0.2) is 41.1 Å². The molecule has 0 unspecified atom stereocenters. The number of aryl methyl sites for hydroxylation is 1. The quantitative estimate of drug-likeness (QED) is 0.680. The highest BCUT2D eigenvalue weighted by molar-refractivity contribution is 5.85. The van der Waals surface area contributed by atoms with Crippen molar-refractivity contribution in [2.75, 3.05) is 6.54 Å². The molecule has 2 amide bonds. The molecule has 0 spiro atoms. The molecule has 146 valence electrons. The summed E-state index contributed by atoms with van der Waals surface area (Å²) in [5, 5.41) is 0. The molecule has 0 saturated heterocycles. The SMILES string of the molecule is CC(C)CC(=O)N(CC(=O)N(Cc1ccco1)Cc1cccn1C)C1CC1. The lowest BCUT2D eigenvalue weighted by Gasteiger charge is -2.28. The third kappa shape index (κ3) is 5.25. The van der Waals surface area contributed by atoms with Gasteiger partial charge in [0.2, 0.25) is 11.8 Å². The van der Waals surface area contributed by atoms with Crippen LogP contribution in [0.4, 0.5) is 0 Å². The Morgan fingerprint density at radius 2 is 1.96 bits per heavy atom. The summed E-state index contributed by atoms with van der Waals surface area (Å²) in [6.45, 7) is 5.09. The molecule has 1 aliphatic carbocycles. The van der Waals surface area contributed by atoms with Crippen molar-refractivity contribution in [2.24, 2.45) is 13.0 Å². The highest BCUT2D eigenvalue weighted by Crippen LogP contribution is 2.28.